The van der Waals surface area contributed by atoms with Crippen LogP contribution in [0, 0.1) is 11.8 Å². The molecule has 9 heteroatoms. The maximum atomic E-state index is 12.7. The number of hydrogen-bond acceptors (Lipinski definition) is 5. The second-order valence-corrected chi connectivity index (χ2v) is 10.9. The van der Waals surface area contributed by atoms with Crippen LogP contribution in [-0.2, 0) is 21.2 Å². The molecule has 0 radical (unpaired) electrons. The number of nitrogens with one attached hydrogen (secondary N) is 1. The van der Waals surface area contributed by atoms with Crippen LogP contribution in [0.3, 0.4) is 0 Å². The van der Waals surface area contributed by atoms with Crippen molar-refractivity contribution < 1.29 is 18.4 Å². The van der Waals surface area contributed by atoms with Crippen LogP contribution in [-0.4, -0.2) is 24.7 Å². The van der Waals surface area contributed by atoms with Gasteiger partial charge in [-0.2, -0.15) is 0 Å². The minimum Gasteiger partial charge on any atom is -0.271 e. The zero-order chi connectivity index (χ0) is 21.0. The Morgan fingerprint density at radius 2 is 1.83 bits per heavy atom. The number of carbonyl (C=O) groups is 1. The summed E-state index contributed by atoms with van der Waals surface area (Å²) >= 11 is 6.93. The second-order valence-electron chi connectivity index (χ2n) is 7.49. The predicted molar refractivity (Wildman–Crippen MR) is 114 cm³/mol. The quantitative estimate of drug-likeness (QED) is 0.444. The fraction of sp³-hybridized carbons (Fsp3) is 0.190. The van der Waals surface area contributed by atoms with Crippen molar-refractivity contribution >= 4 is 38.9 Å². The van der Waals surface area contributed by atoms with Gasteiger partial charge in [0.1, 0.15) is 4.21 Å². The number of nitrogens with zero attached hydrogens (tertiary/aromatic N) is 1. The third kappa shape index (κ3) is 3.34. The Labute approximate surface area is 182 Å². The minimum absolute atomic E-state index is 0.000590. The van der Waals surface area contributed by atoms with Crippen molar-refractivity contribution in [3.8, 4) is 10.4 Å². The highest BCUT2D eigenvalue weighted by atomic mass is 35.5. The molecule has 3 aromatic rings. The van der Waals surface area contributed by atoms with Crippen molar-refractivity contribution in [3.05, 3.63) is 76.8 Å². The van der Waals surface area contributed by atoms with Crippen LogP contribution < -0.4 is 4.83 Å². The number of carbonyl (C=O) groups excluding carboxylic acids is 1. The lowest BCUT2D eigenvalue weighted by Crippen LogP contribution is -2.44. The van der Waals surface area contributed by atoms with Gasteiger partial charge in [0, 0.05) is 15.8 Å². The first-order chi connectivity index (χ1) is 14.3. The van der Waals surface area contributed by atoms with Crippen LogP contribution >= 0.6 is 22.9 Å². The Hall–Kier alpha value is -2.23. The molecule has 2 aliphatic rings. The van der Waals surface area contributed by atoms with Gasteiger partial charge in [-0.3, -0.25) is 10.0 Å². The summed E-state index contributed by atoms with van der Waals surface area (Å²) in [7, 11) is -4.09. The Kier molecular flexibility index (Phi) is 4.72. The van der Waals surface area contributed by atoms with E-state index < -0.39 is 21.8 Å². The molecule has 0 bridgehead atoms. The molecule has 2 aliphatic carbocycles. The van der Waals surface area contributed by atoms with Gasteiger partial charge in [-0.05, 0) is 53.3 Å². The summed E-state index contributed by atoms with van der Waals surface area (Å²) in [5.41, 5.74) is 3.16. The lowest BCUT2D eigenvalue weighted by atomic mass is 10.0. The number of hydrazine groups is 1. The highest BCUT2D eigenvalue weighted by Gasteiger charge is 2.60. The molecule has 0 unspecified atom stereocenters. The summed E-state index contributed by atoms with van der Waals surface area (Å²) < 4.78 is 25.3. The summed E-state index contributed by atoms with van der Waals surface area (Å²) in [6.07, 6.45) is 0.771. The number of halogens is 1. The average Bonchev–Trinajstić information content (AvgIpc) is 3.07. The number of thiophene rings is 1. The third-order valence-electron chi connectivity index (χ3n) is 5.71. The molecule has 6 nitrogen and oxygen atoms in total. The molecule has 2 aromatic carbocycles. The fourth-order valence-electron chi connectivity index (χ4n) is 4.27. The normalized spacial score (nSPS) is 21.7. The Balaban J connectivity index is 1.29. The van der Waals surface area contributed by atoms with Crippen molar-refractivity contribution in [2.45, 2.75) is 16.5 Å². The molecular weight excluding hydrogens is 444 g/mol. The summed E-state index contributed by atoms with van der Waals surface area (Å²) in [6.45, 7) is 0. The highest BCUT2D eigenvalue weighted by Crippen LogP contribution is 2.61. The van der Waals surface area contributed by atoms with Crippen LogP contribution in [0.15, 0.2) is 64.9 Å². The van der Waals surface area contributed by atoms with Gasteiger partial charge in [0.25, 0.3) is 15.9 Å². The number of sulfonamides is 1. The first-order valence-electron chi connectivity index (χ1n) is 9.34. The van der Waals surface area contributed by atoms with Gasteiger partial charge in [-0.15, -0.1) is 16.5 Å². The molecular formula is C21H17ClN2O4S2. The van der Waals surface area contributed by atoms with Gasteiger partial charge in [0.2, 0.25) is 0 Å². The van der Waals surface area contributed by atoms with Crippen molar-refractivity contribution in [2.75, 3.05) is 0 Å². The molecule has 1 saturated carbocycles. The van der Waals surface area contributed by atoms with Crippen molar-refractivity contribution in [1.82, 2.24) is 10.0 Å². The van der Waals surface area contributed by atoms with E-state index in [0.717, 1.165) is 33.8 Å². The monoisotopic (exact) mass is 460 g/mol. The molecule has 1 aromatic heterocycles. The maximum Gasteiger partial charge on any atom is 0.269 e. The molecule has 0 saturated heterocycles. The molecule has 1 fully saturated rings. The van der Waals surface area contributed by atoms with Crippen molar-refractivity contribution in [1.29, 1.82) is 0 Å². The van der Waals surface area contributed by atoms with Crippen LogP contribution in [0.25, 0.3) is 10.4 Å². The summed E-state index contributed by atoms with van der Waals surface area (Å²) in [4.78, 5) is 15.4. The molecule has 3 atom stereocenters. The van der Waals surface area contributed by atoms with E-state index in [1.54, 1.807) is 30.3 Å². The number of fused-ring (bicyclic) bond motifs is 3. The molecule has 1 heterocycles. The first-order valence-corrected chi connectivity index (χ1v) is 12.0. The number of rotatable bonds is 5. The standard InChI is InChI=1S/C21H17ClN2O4S2/c22-14-7-5-12(6-8-14)17-9-10-18(29-17)30(27,28)23-24(26)21(25)20-16-11-13-3-1-2-4-15(13)19(16)20/h1-10,16,19-20,23,26H,11H2/t16-,19-,20+/m0/s1. The second kappa shape index (κ2) is 7.18. The van der Waals surface area contributed by atoms with Gasteiger partial charge in [0.05, 0.1) is 5.92 Å². The Morgan fingerprint density at radius 3 is 2.60 bits per heavy atom. The number of amides is 1. The molecule has 0 aliphatic heterocycles. The topological polar surface area (TPSA) is 86.7 Å². The van der Waals surface area contributed by atoms with E-state index in [9.17, 15) is 18.4 Å². The van der Waals surface area contributed by atoms with E-state index in [1.165, 1.54) is 11.6 Å². The molecule has 0 spiro atoms. The van der Waals surface area contributed by atoms with E-state index in [2.05, 4.69) is 0 Å². The van der Waals surface area contributed by atoms with E-state index in [4.69, 9.17) is 11.6 Å². The SMILES string of the molecule is O=C([C@@H]1[C@H]2Cc3ccccc3[C@@H]21)N(O)NS(=O)(=O)c1ccc(-c2ccc(Cl)cc2)s1. The van der Waals surface area contributed by atoms with E-state index in [0.29, 0.717) is 5.02 Å². The van der Waals surface area contributed by atoms with Crippen LogP contribution in [0.5, 0.6) is 0 Å². The molecule has 2 N–H and O–H groups in total. The highest BCUT2D eigenvalue weighted by molar-refractivity contribution is 7.91. The van der Waals surface area contributed by atoms with Gasteiger partial charge in [-0.1, -0.05) is 52.8 Å². The van der Waals surface area contributed by atoms with Gasteiger partial charge in [-0.25, -0.2) is 8.42 Å². The smallest absolute Gasteiger partial charge is 0.269 e. The lowest BCUT2D eigenvalue weighted by molar-refractivity contribution is -0.174. The van der Waals surface area contributed by atoms with E-state index >= 15 is 0 Å². The van der Waals surface area contributed by atoms with E-state index in [1.807, 2.05) is 29.1 Å². The van der Waals surface area contributed by atoms with Crippen LogP contribution in [0.1, 0.15) is 17.0 Å². The predicted octanol–water partition coefficient (Wildman–Crippen LogP) is 4.07. The Morgan fingerprint density at radius 1 is 1.10 bits per heavy atom. The molecule has 154 valence electrons. The zero-order valence-electron chi connectivity index (χ0n) is 15.5. The van der Waals surface area contributed by atoms with E-state index in [-0.39, 0.29) is 21.2 Å². The molecule has 30 heavy (non-hydrogen) atoms. The summed E-state index contributed by atoms with van der Waals surface area (Å²) in [5, 5.41) is 10.9. The largest absolute Gasteiger partial charge is 0.271 e. The third-order valence-corrected chi connectivity index (χ3v) is 8.88. The maximum absolute atomic E-state index is 12.7. The average molecular weight is 461 g/mol. The molecule has 1 amide bonds. The van der Waals surface area contributed by atoms with Crippen LogP contribution in [0.2, 0.25) is 5.02 Å². The number of hydrogen-bond donors (Lipinski definition) is 2. The number of benzene rings is 2. The van der Waals surface area contributed by atoms with Crippen molar-refractivity contribution in [3.63, 3.8) is 0 Å². The minimum atomic E-state index is -4.09. The van der Waals surface area contributed by atoms with Crippen LogP contribution in [0.4, 0.5) is 0 Å². The summed E-state index contributed by atoms with van der Waals surface area (Å²) in [5.74, 6) is -0.864. The fourth-order valence-corrected chi connectivity index (χ4v) is 6.61. The van der Waals surface area contributed by atoms with Gasteiger partial charge in [0.15, 0.2) is 0 Å². The van der Waals surface area contributed by atoms with Gasteiger partial charge < -0.3 is 0 Å². The van der Waals surface area contributed by atoms with Gasteiger partial charge >= 0.3 is 0 Å². The zero-order valence-corrected chi connectivity index (χ0v) is 17.9. The van der Waals surface area contributed by atoms with Crippen molar-refractivity contribution in [2.24, 2.45) is 11.8 Å². The lowest BCUT2D eigenvalue weighted by Gasteiger charge is -2.16. The summed E-state index contributed by atoms with van der Waals surface area (Å²) in [6, 6.07) is 18.1. The molecule has 5 rings (SSSR count). The Bertz CT molecular complexity index is 1240. The first kappa shape index (κ1) is 19.7. The number of hydroxylamine groups is 1.